The number of nitro groups is 1. The summed E-state index contributed by atoms with van der Waals surface area (Å²) in [6, 6.07) is 18.8. The zero-order valence-corrected chi connectivity index (χ0v) is 17.3. The number of para-hydroxylation sites is 1. The molecule has 2 atom stereocenters. The van der Waals surface area contributed by atoms with Crippen LogP contribution in [0.1, 0.15) is 5.56 Å². The van der Waals surface area contributed by atoms with Gasteiger partial charge in [-0.1, -0.05) is 30.3 Å². The Labute approximate surface area is 185 Å². The summed E-state index contributed by atoms with van der Waals surface area (Å²) in [5.74, 6) is 1.02. The Balaban J connectivity index is 1.48. The molecule has 9 heteroatoms. The molecule has 0 aliphatic rings. The first-order valence-electron chi connectivity index (χ1n) is 10.1. The van der Waals surface area contributed by atoms with Crippen molar-refractivity contribution in [2.45, 2.75) is 18.6 Å². The molecule has 3 N–H and O–H groups in total. The van der Waals surface area contributed by atoms with Gasteiger partial charge < -0.3 is 25.0 Å². The van der Waals surface area contributed by atoms with E-state index < -0.39 is 11.0 Å². The second kappa shape index (κ2) is 11.8. The Morgan fingerprint density at radius 2 is 1.78 bits per heavy atom. The van der Waals surface area contributed by atoms with Gasteiger partial charge in [0.05, 0.1) is 11.5 Å². The third-order valence-corrected chi connectivity index (χ3v) is 4.62. The smallest absolute Gasteiger partial charge is 0.331 e. The number of aliphatic hydroxyl groups is 2. The molecule has 2 aromatic carbocycles. The molecule has 32 heavy (non-hydrogen) atoms. The lowest BCUT2D eigenvalue weighted by molar-refractivity contribution is -0.386. The Kier molecular flexibility index (Phi) is 8.50. The molecule has 1 unspecified atom stereocenters. The molecule has 0 radical (unpaired) electrons. The van der Waals surface area contributed by atoms with Gasteiger partial charge in [-0.05, 0) is 42.3 Å². The summed E-state index contributed by atoms with van der Waals surface area (Å²) < 4.78 is 11.1. The molecule has 0 amide bonds. The number of rotatable bonds is 12. The first kappa shape index (κ1) is 23.1. The fourth-order valence-electron chi connectivity index (χ4n) is 2.96. The molecule has 0 saturated heterocycles. The van der Waals surface area contributed by atoms with E-state index in [2.05, 4.69) is 10.3 Å². The predicted molar refractivity (Wildman–Crippen MR) is 118 cm³/mol. The number of aliphatic hydroxyl groups excluding tert-OH is 2. The van der Waals surface area contributed by atoms with E-state index in [1.165, 1.54) is 18.3 Å². The maximum atomic E-state index is 11.1. The van der Waals surface area contributed by atoms with Crippen LogP contribution < -0.4 is 14.8 Å². The first-order chi connectivity index (χ1) is 15.5. The second-order valence-electron chi connectivity index (χ2n) is 7.10. The van der Waals surface area contributed by atoms with Gasteiger partial charge in [0.1, 0.15) is 24.2 Å². The molecule has 1 aromatic heterocycles. The number of nitrogens with one attached hydrogen (secondary N) is 1. The minimum Gasteiger partial charge on any atom is -0.491 e. The number of benzene rings is 2. The van der Waals surface area contributed by atoms with Crippen LogP contribution in [0, 0.1) is 10.1 Å². The maximum Gasteiger partial charge on any atom is 0.331 e. The van der Waals surface area contributed by atoms with Gasteiger partial charge in [-0.15, -0.1) is 0 Å². The molecule has 0 fully saturated rings. The average Bonchev–Trinajstić information content (AvgIpc) is 2.82. The zero-order valence-electron chi connectivity index (χ0n) is 17.3. The number of pyridine rings is 1. The second-order valence-corrected chi connectivity index (χ2v) is 7.10. The Morgan fingerprint density at radius 1 is 1.03 bits per heavy atom. The molecular weight excluding hydrogens is 414 g/mol. The summed E-state index contributed by atoms with van der Waals surface area (Å²) in [5, 5.41) is 34.0. The minimum absolute atomic E-state index is 0.0770. The van der Waals surface area contributed by atoms with Crippen LogP contribution in [0.3, 0.4) is 0 Å². The van der Waals surface area contributed by atoms with Crippen molar-refractivity contribution in [3.63, 3.8) is 0 Å². The van der Waals surface area contributed by atoms with E-state index in [4.69, 9.17) is 9.47 Å². The predicted octanol–water partition coefficient (Wildman–Crippen LogP) is 2.72. The number of ether oxygens (including phenoxy) is 2. The summed E-state index contributed by atoms with van der Waals surface area (Å²) in [4.78, 5) is 14.4. The van der Waals surface area contributed by atoms with Gasteiger partial charge in [-0.2, -0.15) is 0 Å². The molecule has 3 aromatic rings. The molecule has 0 aliphatic heterocycles. The van der Waals surface area contributed by atoms with Crippen LogP contribution in [0.15, 0.2) is 72.9 Å². The Bertz CT molecular complexity index is 985. The van der Waals surface area contributed by atoms with Crippen molar-refractivity contribution >= 4 is 5.69 Å². The van der Waals surface area contributed by atoms with Crippen LogP contribution in [-0.4, -0.2) is 52.0 Å². The van der Waals surface area contributed by atoms with Crippen LogP contribution in [0.2, 0.25) is 0 Å². The van der Waals surface area contributed by atoms with Gasteiger partial charge in [-0.25, -0.2) is 4.98 Å². The van der Waals surface area contributed by atoms with E-state index in [9.17, 15) is 20.3 Å². The maximum absolute atomic E-state index is 11.1. The van der Waals surface area contributed by atoms with Crippen LogP contribution >= 0.6 is 0 Å². The van der Waals surface area contributed by atoms with Gasteiger partial charge in [-0.3, -0.25) is 10.1 Å². The lowest BCUT2D eigenvalue weighted by atomic mass is 10.1. The van der Waals surface area contributed by atoms with Crippen LogP contribution in [-0.2, 0) is 6.42 Å². The molecule has 9 nitrogen and oxygen atoms in total. The fraction of sp³-hybridized carbons (Fsp3) is 0.261. The molecule has 1 heterocycles. The quantitative estimate of drug-likeness (QED) is 0.290. The third kappa shape index (κ3) is 7.02. The van der Waals surface area contributed by atoms with Crippen molar-refractivity contribution in [2.24, 2.45) is 0 Å². The molecular formula is C23H25N3O6. The monoisotopic (exact) mass is 439 g/mol. The molecule has 168 valence electrons. The van der Waals surface area contributed by atoms with Crippen molar-refractivity contribution < 1.29 is 24.6 Å². The summed E-state index contributed by atoms with van der Waals surface area (Å²) in [6.07, 6.45) is 1.22. The molecule has 3 rings (SSSR count). The largest absolute Gasteiger partial charge is 0.491 e. The number of hydrogen-bond donors (Lipinski definition) is 3. The van der Waals surface area contributed by atoms with E-state index >= 15 is 0 Å². The van der Waals surface area contributed by atoms with Crippen molar-refractivity contribution in [1.29, 1.82) is 0 Å². The summed E-state index contributed by atoms with van der Waals surface area (Å²) in [6.45, 7) is 0.300. The Morgan fingerprint density at radius 3 is 2.47 bits per heavy atom. The molecule has 0 spiro atoms. The first-order valence-corrected chi connectivity index (χ1v) is 10.1. The topological polar surface area (TPSA) is 127 Å². The van der Waals surface area contributed by atoms with E-state index in [1.807, 2.05) is 42.5 Å². The van der Waals surface area contributed by atoms with Gasteiger partial charge in [0, 0.05) is 24.8 Å². The standard InChI is InChI=1S/C23H25N3O6/c27-15-18(25-14-19(28)16-31-20-5-2-1-3-6-20)13-17-8-10-21(11-9-17)32-23-22(26(29)30)7-4-12-24-23/h1-12,18-19,25,27-28H,13-16H2/t18-,19?/m0/s1. The molecule has 0 bridgehead atoms. The van der Waals surface area contributed by atoms with E-state index in [1.54, 1.807) is 12.1 Å². The lowest BCUT2D eigenvalue weighted by Gasteiger charge is -2.19. The van der Waals surface area contributed by atoms with E-state index in [0.29, 0.717) is 17.9 Å². The van der Waals surface area contributed by atoms with Crippen LogP contribution in [0.5, 0.6) is 17.4 Å². The van der Waals surface area contributed by atoms with Crippen molar-refractivity contribution in [2.75, 3.05) is 19.8 Å². The minimum atomic E-state index is -0.728. The highest BCUT2D eigenvalue weighted by molar-refractivity contribution is 5.43. The van der Waals surface area contributed by atoms with E-state index in [0.717, 1.165) is 5.56 Å². The SMILES string of the molecule is O=[N+]([O-])c1cccnc1Oc1ccc(C[C@@H](CO)NCC(O)COc2ccccc2)cc1. The summed E-state index contributed by atoms with van der Waals surface area (Å²) in [7, 11) is 0. The van der Waals surface area contributed by atoms with Crippen molar-refractivity contribution in [3.8, 4) is 17.4 Å². The van der Waals surface area contributed by atoms with Gasteiger partial charge >= 0.3 is 5.69 Å². The highest BCUT2D eigenvalue weighted by Gasteiger charge is 2.17. The number of nitrogens with zero attached hydrogens (tertiary/aromatic N) is 2. The normalized spacial score (nSPS) is 12.7. The van der Waals surface area contributed by atoms with Gasteiger partial charge in [0.15, 0.2) is 0 Å². The molecule has 0 saturated carbocycles. The van der Waals surface area contributed by atoms with E-state index in [-0.39, 0.29) is 37.4 Å². The molecule has 0 aliphatic carbocycles. The number of hydrogen-bond acceptors (Lipinski definition) is 8. The summed E-state index contributed by atoms with van der Waals surface area (Å²) in [5.41, 5.74) is 0.713. The van der Waals surface area contributed by atoms with Crippen molar-refractivity contribution in [3.05, 3.63) is 88.6 Å². The Hall–Kier alpha value is -3.53. The lowest BCUT2D eigenvalue weighted by Crippen LogP contribution is -2.41. The van der Waals surface area contributed by atoms with Crippen molar-refractivity contribution in [1.82, 2.24) is 10.3 Å². The fourth-order valence-corrected chi connectivity index (χ4v) is 2.96. The zero-order chi connectivity index (χ0) is 22.8. The average molecular weight is 439 g/mol. The highest BCUT2D eigenvalue weighted by Crippen LogP contribution is 2.28. The highest BCUT2D eigenvalue weighted by atomic mass is 16.6. The van der Waals surface area contributed by atoms with Crippen LogP contribution in [0.4, 0.5) is 5.69 Å². The number of aromatic nitrogens is 1. The third-order valence-electron chi connectivity index (χ3n) is 4.62. The van der Waals surface area contributed by atoms with Crippen LogP contribution in [0.25, 0.3) is 0 Å². The van der Waals surface area contributed by atoms with Gasteiger partial charge in [0.25, 0.3) is 5.88 Å². The summed E-state index contributed by atoms with van der Waals surface area (Å²) >= 11 is 0. The van der Waals surface area contributed by atoms with Gasteiger partial charge in [0.2, 0.25) is 0 Å².